The molecule has 0 spiro atoms. The Morgan fingerprint density at radius 3 is 2.94 bits per heavy atom. The maximum absolute atomic E-state index is 6.26. The van der Waals surface area contributed by atoms with Crippen LogP contribution in [0.1, 0.15) is 31.7 Å². The molecule has 88 valence electrons. The molecule has 0 bridgehead atoms. The van der Waals surface area contributed by atoms with E-state index in [1.54, 1.807) is 6.20 Å². The summed E-state index contributed by atoms with van der Waals surface area (Å²) in [5.74, 6) is 1.50. The molecule has 1 aliphatic rings. The minimum atomic E-state index is 0.233. The van der Waals surface area contributed by atoms with E-state index in [2.05, 4.69) is 11.9 Å². The normalized spacial score (nSPS) is 26.9. The molecular weight excluding hydrogens is 198 g/mol. The van der Waals surface area contributed by atoms with Crippen LogP contribution in [-0.2, 0) is 6.42 Å². The van der Waals surface area contributed by atoms with E-state index in [0.717, 1.165) is 23.6 Å². The van der Waals surface area contributed by atoms with Crippen LogP contribution in [0.25, 0.3) is 0 Å². The number of hydrogen-bond acceptors (Lipinski definition) is 3. The van der Waals surface area contributed by atoms with E-state index in [1.165, 1.54) is 19.3 Å². The number of nitrogens with two attached hydrogens (primary N) is 2. The van der Waals surface area contributed by atoms with E-state index in [4.69, 9.17) is 11.5 Å². The lowest BCUT2D eigenvalue weighted by atomic mass is 9.92. The summed E-state index contributed by atoms with van der Waals surface area (Å²) in [6, 6.07) is 2.08. The van der Waals surface area contributed by atoms with E-state index in [-0.39, 0.29) is 6.04 Å². The van der Waals surface area contributed by atoms with Crippen LogP contribution in [0.4, 0.5) is 5.69 Å². The predicted octanol–water partition coefficient (Wildman–Crippen LogP) is 1.97. The molecule has 0 aliphatic heterocycles. The fraction of sp³-hybridized carbons (Fsp3) is 0.615. The fourth-order valence-electron chi connectivity index (χ4n) is 2.67. The van der Waals surface area contributed by atoms with Crippen LogP contribution in [0.2, 0.25) is 0 Å². The summed E-state index contributed by atoms with van der Waals surface area (Å²) in [7, 11) is 0. The van der Waals surface area contributed by atoms with E-state index in [1.807, 2.05) is 12.3 Å². The maximum atomic E-state index is 6.26. The van der Waals surface area contributed by atoms with Gasteiger partial charge in [-0.25, -0.2) is 0 Å². The lowest BCUT2D eigenvalue weighted by Gasteiger charge is -2.19. The van der Waals surface area contributed by atoms with Gasteiger partial charge in [0.1, 0.15) is 0 Å². The highest BCUT2D eigenvalue weighted by atomic mass is 14.7. The average molecular weight is 219 g/mol. The number of nitrogens with zero attached hydrogens (tertiary/aromatic N) is 1. The van der Waals surface area contributed by atoms with Gasteiger partial charge in [-0.05, 0) is 42.7 Å². The zero-order chi connectivity index (χ0) is 11.5. The number of anilines is 1. The molecule has 1 aromatic heterocycles. The van der Waals surface area contributed by atoms with Crippen molar-refractivity contribution >= 4 is 5.69 Å². The summed E-state index contributed by atoms with van der Waals surface area (Å²) in [5, 5.41) is 0. The lowest BCUT2D eigenvalue weighted by molar-refractivity contribution is 0.415. The van der Waals surface area contributed by atoms with Gasteiger partial charge in [0.25, 0.3) is 0 Å². The quantitative estimate of drug-likeness (QED) is 0.817. The maximum Gasteiger partial charge on any atom is 0.0378 e. The first-order valence-corrected chi connectivity index (χ1v) is 6.10. The number of aromatic nitrogens is 1. The van der Waals surface area contributed by atoms with Crippen molar-refractivity contribution < 1.29 is 0 Å². The standard InChI is InChI=1S/C13H21N3/c1-9-2-3-10(6-9)13(15)7-11-8-16-5-4-12(11)14/h4-5,8-10,13H,2-3,6-7,15H2,1H3,(H2,14,16). The largest absolute Gasteiger partial charge is 0.398 e. The molecule has 3 heteroatoms. The molecule has 0 saturated heterocycles. The molecule has 16 heavy (non-hydrogen) atoms. The van der Waals surface area contributed by atoms with E-state index < -0.39 is 0 Å². The molecule has 1 aliphatic carbocycles. The summed E-state index contributed by atoms with van der Waals surface area (Å²) in [6.45, 7) is 2.31. The second kappa shape index (κ2) is 4.83. The second-order valence-electron chi connectivity index (χ2n) is 5.12. The molecule has 0 aromatic carbocycles. The van der Waals surface area contributed by atoms with Gasteiger partial charge < -0.3 is 11.5 Å². The van der Waals surface area contributed by atoms with Crippen LogP contribution in [-0.4, -0.2) is 11.0 Å². The summed E-state index contributed by atoms with van der Waals surface area (Å²) >= 11 is 0. The highest BCUT2D eigenvalue weighted by molar-refractivity contribution is 5.44. The molecule has 3 atom stereocenters. The van der Waals surface area contributed by atoms with Gasteiger partial charge >= 0.3 is 0 Å². The Hall–Kier alpha value is -1.09. The molecule has 1 saturated carbocycles. The van der Waals surface area contributed by atoms with Crippen LogP contribution in [0.3, 0.4) is 0 Å². The van der Waals surface area contributed by atoms with Gasteiger partial charge in [-0.3, -0.25) is 4.98 Å². The van der Waals surface area contributed by atoms with Crippen molar-refractivity contribution in [2.75, 3.05) is 5.73 Å². The van der Waals surface area contributed by atoms with E-state index in [0.29, 0.717) is 5.92 Å². The topological polar surface area (TPSA) is 64.9 Å². The van der Waals surface area contributed by atoms with Crippen LogP contribution >= 0.6 is 0 Å². The van der Waals surface area contributed by atoms with Crippen LogP contribution in [0, 0.1) is 11.8 Å². The van der Waals surface area contributed by atoms with Crippen molar-refractivity contribution in [3.8, 4) is 0 Å². The number of pyridine rings is 1. The van der Waals surface area contributed by atoms with Gasteiger partial charge in [0, 0.05) is 24.1 Å². The van der Waals surface area contributed by atoms with E-state index >= 15 is 0 Å². The molecule has 3 nitrogen and oxygen atoms in total. The Morgan fingerprint density at radius 2 is 2.31 bits per heavy atom. The summed E-state index contributed by atoms with van der Waals surface area (Å²) in [5.41, 5.74) is 14.1. The molecule has 1 fully saturated rings. The summed E-state index contributed by atoms with van der Waals surface area (Å²) < 4.78 is 0. The highest BCUT2D eigenvalue weighted by Gasteiger charge is 2.26. The molecule has 1 aromatic rings. The number of nitrogen functional groups attached to an aromatic ring is 1. The second-order valence-corrected chi connectivity index (χ2v) is 5.12. The third kappa shape index (κ3) is 2.53. The van der Waals surface area contributed by atoms with Crippen molar-refractivity contribution in [1.29, 1.82) is 0 Å². The molecule has 2 rings (SSSR count). The zero-order valence-corrected chi connectivity index (χ0v) is 9.89. The molecule has 0 amide bonds. The van der Waals surface area contributed by atoms with Crippen molar-refractivity contribution in [3.63, 3.8) is 0 Å². The lowest BCUT2D eigenvalue weighted by Crippen LogP contribution is -2.31. The third-order valence-corrected chi connectivity index (χ3v) is 3.74. The monoisotopic (exact) mass is 219 g/mol. The van der Waals surface area contributed by atoms with Crippen LogP contribution < -0.4 is 11.5 Å². The SMILES string of the molecule is CC1CCC(C(N)Cc2cnccc2N)C1. The molecule has 3 unspecified atom stereocenters. The number of hydrogen-bond donors (Lipinski definition) is 2. The zero-order valence-electron chi connectivity index (χ0n) is 9.89. The molecule has 4 N–H and O–H groups in total. The van der Waals surface area contributed by atoms with Crippen molar-refractivity contribution in [1.82, 2.24) is 4.98 Å². The number of rotatable bonds is 3. The first-order valence-electron chi connectivity index (χ1n) is 6.10. The van der Waals surface area contributed by atoms with Crippen molar-refractivity contribution in [2.24, 2.45) is 17.6 Å². The molecular formula is C13H21N3. The first kappa shape index (κ1) is 11.4. The fourth-order valence-corrected chi connectivity index (χ4v) is 2.67. The van der Waals surface area contributed by atoms with Gasteiger partial charge in [0.15, 0.2) is 0 Å². The average Bonchev–Trinajstić information content (AvgIpc) is 2.68. The Morgan fingerprint density at radius 1 is 1.50 bits per heavy atom. The van der Waals surface area contributed by atoms with Crippen LogP contribution in [0.5, 0.6) is 0 Å². The smallest absolute Gasteiger partial charge is 0.0378 e. The van der Waals surface area contributed by atoms with Gasteiger partial charge in [-0.2, -0.15) is 0 Å². The van der Waals surface area contributed by atoms with Crippen molar-refractivity contribution in [3.05, 3.63) is 24.0 Å². The van der Waals surface area contributed by atoms with Gasteiger partial charge in [0.05, 0.1) is 0 Å². The summed E-state index contributed by atoms with van der Waals surface area (Å²) in [4.78, 5) is 4.10. The van der Waals surface area contributed by atoms with Gasteiger partial charge in [0.2, 0.25) is 0 Å². The Kier molecular flexibility index (Phi) is 3.44. The third-order valence-electron chi connectivity index (χ3n) is 3.74. The minimum Gasteiger partial charge on any atom is -0.398 e. The van der Waals surface area contributed by atoms with Gasteiger partial charge in [-0.1, -0.05) is 13.3 Å². The van der Waals surface area contributed by atoms with E-state index in [9.17, 15) is 0 Å². The Labute approximate surface area is 97.2 Å². The predicted molar refractivity (Wildman–Crippen MR) is 66.8 cm³/mol. The molecule has 0 radical (unpaired) electrons. The molecule has 1 heterocycles. The first-order chi connectivity index (χ1) is 7.66. The minimum absolute atomic E-state index is 0.233. The van der Waals surface area contributed by atoms with Crippen LogP contribution in [0.15, 0.2) is 18.5 Å². The Balaban J connectivity index is 1.97. The Bertz CT molecular complexity index is 351. The van der Waals surface area contributed by atoms with Crippen molar-refractivity contribution in [2.45, 2.75) is 38.6 Å². The summed E-state index contributed by atoms with van der Waals surface area (Å²) in [6.07, 6.45) is 8.28. The van der Waals surface area contributed by atoms with Gasteiger partial charge in [-0.15, -0.1) is 0 Å². The highest BCUT2D eigenvalue weighted by Crippen LogP contribution is 2.33.